The third kappa shape index (κ3) is 6.58. The molecule has 1 aromatic rings. The third-order valence-electron chi connectivity index (χ3n) is 2.26. The lowest BCUT2D eigenvalue weighted by Gasteiger charge is -2.15. The highest BCUT2D eigenvalue weighted by Gasteiger charge is 2.37. The van der Waals surface area contributed by atoms with Crippen LogP contribution in [0.4, 0.5) is 32.0 Å². The zero-order valence-electron chi connectivity index (χ0n) is 10.8. The summed E-state index contributed by atoms with van der Waals surface area (Å²) in [5.41, 5.74) is -3.78. The second-order valence-electron chi connectivity index (χ2n) is 4.15. The SMILES string of the molecule is O=S(=O)(O)CNC(=S)Nc1cc(C(F)(F)F)cc(C(F)(F)F)c1. The molecule has 0 fully saturated rings. The Labute approximate surface area is 131 Å². The molecule has 13 heteroatoms. The average Bonchev–Trinajstić information content (AvgIpc) is 2.33. The van der Waals surface area contributed by atoms with Crippen molar-refractivity contribution in [1.29, 1.82) is 0 Å². The Bertz CT molecular complexity index is 667. The molecule has 23 heavy (non-hydrogen) atoms. The second kappa shape index (κ2) is 6.49. The van der Waals surface area contributed by atoms with Crippen molar-refractivity contribution in [3.05, 3.63) is 29.3 Å². The summed E-state index contributed by atoms with van der Waals surface area (Å²) in [4.78, 5) is 0. The highest BCUT2D eigenvalue weighted by Crippen LogP contribution is 2.37. The lowest BCUT2D eigenvalue weighted by molar-refractivity contribution is -0.143. The van der Waals surface area contributed by atoms with Crippen molar-refractivity contribution in [2.75, 3.05) is 11.2 Å². The zero-order valence-corrected chi connectivity index (χ0v) is 12.4. The summed E-state index contributed by atoms with van der Waals surface area (Å²) in [5.74, 6) is -1.07. The van der Waals surface area contributed by atoms with E-state index in [1.54, 1.807) is 0 Å². The quantitative estimate of drug-likeness (QED) is 0.424. The molecule has 0 radical (unpaired) electrons. The molecule has 1 aromatic carbocycles. The van der Waals surface area contributed by atoms with Crippen molar-refractivity contribution in [3.8, 4) is 0 Å². The topological polar surface area (TPSA) is 78.4 Å². The first kappa shape index (κ1) is 19.4. The van der Waals surface area contributed by atoms with Gasteiger partial charge in [0.15, 0.2) is 5.11 Å². The van der Waals surface area contributed by atoms with Gasteiger partial charge in [-0.15, -0.1) is 0 Å². The van der Waals surface area contributed by atoms with E-state index in [4.69, 9.17) is 4.55 Å². The molecule has 0 saturated carbocycles. The number of nitrogens with one attached hydrogen (secondary N) is 2. The Kier molecular flexibility index (Phi) is 5.49. The van der Waals surface area contributed by atoms with E-state index in [-0.39, 0.29) is 6.07 Å². The number of anilines is 1. The summed E-state index contributed by atoms with van der Waals surface area (Å²) in [7, 11) is -4.47. The zero-order chi connectivity index (χ0) is 18.1. The van der Waals surface area contributed by atoms with Crippen LogP contribution in [0.3, 0.4) is 0 Å². The molecule has 0 saturated heterocycles. The minimum Gasteiger partial charge on any atom is -0.347 e. The number of hydrogen-bond acceptors (Lipinski definition) is 3. The van der Waals surface area contributed by atoms with E-state index in [1.807, 2.05) is 10.6 Å². The van der Waals surface area contributed by atoms with Gasteiger partial charge in [-0.2, -0.15) is 34.8 Å². The monoisotopic (exact) mass is 382 g/mol. The maximum atomic E-state index is 12.6. The fraction of sp³-hybridized carbons (Fsp3) is 0.300. The smallest absolute Gasteiger partial charge is 0.347 e. The molecule has 3 N–H and O–H groups in total. The molecule has 0 atom stereocenters. The molecule has 0 bridgehead atoms. The van der Waals surface area contributed by atoms with Crippen LogP contribution in [0.5, 0.6) is 0 Å². The fourth-order valence-corrected chi connectivity index (χ4v) is 1.97. The second-order valence-corrected chi connectivity index (χ2v) is 6.01. The summed E-state index contributed by atoms with van der Waals surface area (Å²) in [6, 6.07) is 0.674. The van der Waals surface area contributed by atoms with E-state index in [2.05, 4.69) is 12.2 Å². The Morgan fingerprint density at radius 1 is 1.04 bits per heavy atom. The van der Waals surface area contributed by atoms with Crippen molar-refractivity contribution in [2.45, 2.75) is 12.4 Å². The maximum Gasteiger partial charge on any atom is 0.416 e. The van der Waals surface area contributed by atoms with Crippen molar-refractivity contribution < 1.29 is 39.3 Å². The lowest BCUT2D eigenvalue weighted by Crippen LogP contribution is -2.33. The molecule has 0 unspecified atom stereocenters. The van der Waals surface area contributed by atoms with Crippen LogP contribution in [0.25, 0.3) is 0 Å². The van der Waals surface area contributed by atoms with Crippen LogP contribution in [0.1, 0.15) is 11.1 Å². The van der Waals surface area contributed by atoms with Crippen LogP contribution in [0.15, 0.2) is 18.2 Å². The summed E-state index contributed by atoms with van der Waals surface area (Å²) in [6.45, 7) is 0. The molecule has 0 heterocycles. The van der Waals surface area contributed by atoms with Crippen molar-refractivity contribution in [2.24, 2.45) is 0 Å². The van der Waals surface area contributed by atoms with Gasteiger partial charge in [0.05, 0.1) is 11.1 Å². The number of hydrogen-bond donors (Lipinski definition) is 3. The van der Waals surface area contributed by atoms with Crippen molar-refractivity contribution in [3.63, 3.8) is 0 Å². The predicted molar refractivity (Wildman–Crippen MR) is 72.2 cm³/mol. The van der Waals surface area contributed by atoms with Crippen LogP contribution in [0.2, 0.25) is 0 Å². The summed E-state index contributed by atoms with van der Waals surface area (Å²) >= 11 is 4.52. The normalized spacial score (nSPS) is 12.8. The Balaban J connectivity index is 3.09. The van der Waals surface area contributed by atoms with Gasteiger partial charge in [-0.25, -0.2) is 0 Å². The van der Waals surface area contributed by atoms with Gasteiger partial charge in [-0.05, 0) is 30.4 Å². The number of thiocarbonyl (C=S) groups is 1. The van der Waals surface area contributed by atoms with E-state index < -0.39 is 50.3 Å². The Morgan fingerprint density at radius 2 is 1.48 bits per heavy atom. The van der Waals surface area contributed by atoms with Crippen LogP contribution >= 0.6 is 12.2 Å². The summed E-state index contributed by atoms with van der Waals surface area (Å²) in [6.07, 6.45) is -10.1. The summed E-state index contributed by atoms with van der Waals surface area (Å²) in [5, 5.41) is 3.30. The van der Waals surface area contributed by atoms with Gasteiger partial charge in [0.1, 0.15) is 5.88 Å². The first-order chi connectivity index (χ1) is 10.2. The molecule has 0 aliphatic carbocycles. The lowest BCUT2D eigenvalue weighted by atomic mass is 10.1. The van der Waals surface area contributed by atoms with E-state index in [9.17, 15) is 34.8 Å². The van der Waals surface area contributed by atoms with Crippen LogP contribution in [0, 0.1) is 0 Å². The third-order valence-corrected chi connectivity index (χ3v) is 3.02. The van der Waals surface area contributed by atoms with E-state index in [1.165, 1.54) is 0 Å². The van der Waals surface area contributed by atoms with Crippen molar-refractivity contribution in [1.82, 2.24) is 5.32 Å². The average molecular weight is 382 g/mol. The summed E-state index contributed by atoms with van der Waals surface area (Å²) < 4.78 is 105. The van der Waals surface area contributed by atoms with Gasteiger partial charge >= 0.3 is 12.4 Å². The molecule has 0 amide bonds. The Morgan fingerprint density at radius 3 is 1.83 bits per heavy atom. The first-order valence-electron chi connectivity index (χ1n) is 5.48. The van der Waals surface area contributed by atoms with Gasteiger partial charge in [0.25, 0.3) is 10.1 Å². The minimum absolute atomic E-state index is 0.0696. The van der Waals surface area contributed by atoms with Gasteiger partial charge < -0.3 is 10.6 Å². The molecule has 0 spiro atoms. The van der Waals surface area contributed by atoms with Crippen LogP contribution in [-0.2, 0) is 22.5 Å². The predicted octanol–water partition coefficient (Wildman–Crippen LogP) is 2.86. The molecule has 5 nitrogen and oxygen atoms in total. The van der Waals surface area contributed by atoms with Gasteiger partial charge in [0, 0.05) is 5.69 Å². The fourth-order valence-electron chi connectivity index (χ4n) is 1.36. The number of halogens is 6. The minimum atomic E-state index is -5.03. The molecule has 0 aliphatic rings. The van der Waals surface area contributed by atoms with Gasteiger partial charge in [0.2, 0.25) is 0 Å². The largest absolute Gasteiger partial charge is 0.416 e. The molecular weight excluding hydrogens is 374 g/mol. The molecule has 130 valence electrons. The Hall–Kier alpha value is -1.60. The molecule has 1 rings (SSSR count). The van der Waals surface area contributed by atoms with Crippen molar-refractivity contribution >= 4 is 33.1 Å². The molecular formula is C10H8F6N2O3S2. The van der Waals surface area contributed by atoms with Gasteiger partial charge in [-0.1, -0.05) is 0 Å². The number of alkyl halides is 6. The molecule has 0 aromatic heterocycles. The van der Waals surface area contributed by atoms with E-state index in [0.717, 1.165) is 0 Å². The first-order valence-corrected chi connectivity index (χ1v) is 7.50. The van der Waals surface area contributed by atoms with Gasteiger partial charge in [-0.3, -0.25) is 4.55 Å². The highest BCUT2D eigenvalue weighted by atomic mass is 32.2. The number of rotatable bonds is 3. The molecule has 0 aliphatic heterocycles. The standard InChI is InChI=1S/C10H8F6N2O3S2/c11-9(12,13)5-1-6(10(14,15)16)3-7(2-5)18-8(22)17-4-23(19,20)21/h1-3H,4H2,(H2,17,18,22)(H,19,20,21). The number of benzene rings is 1. The van der Waals surface area contributed by atoms with E-state index >= 15 is 0 Å². The van der Waals surface area contributed by atoms with E-state index in [0.29, 0.717) is 12.1 Å². The highest BCUT2D eigenvalue weighted by molar-refractivity contribution is 7.86. The maximum absolute atomic E-state index is 12.6. The van der Waals surface area contributed by atoms with Crippen LogP contribution < -0.4 is 10.6 Å². The van der Waals surface area contributed by atoms with Crippen LogP contribution in [-0.4, -0.2) is 24.0 Å².